The summed E-state index contributed by atoms with van der Waals surface area (Å²) in [5, 5.41) is 3.31. The Morgan fingerprint density at radius 2 is 1.94 bits per heavy atom. The highest BCUT2D eigenvalue weighted by molar-refractivity contribution is 5.80. The van der Waals surface area contributed by atoms with Crippen LogP contribution in [0, 0.1) is 11.8 Å². The first kappa shape index (κ1) is 12.9. The third-order valence-corrected chi connectivity index (χ3v) is 4.68. The molecule has 0 aromatic carbocycles. The van der Waals surface area contributed by atoms with Crippen LogP contribution in [0.3, 0.4) is 0 Å². The van der Waals surface area contributed by atoms with Crippen molar-refractivity contribution in [3.05, 3.63) is 0 Å². The molecule has 2 fully saturated rings. The Morgan fingerprint density at radius 1 is 1.24 bits per heavy atom. The zero-order valence-corrected chi connectivity index (χ0v) is 11.0. The van der Waals surface area contributed by atoms with Gasteiger partial charge in [-0.15, -0.1) is 0 Å². The molecule has 1 amide bonds. The lowest BCUT2D eigenvalue weighted by Crippen LogP contribution is -2.50. The van der Waals surface area contributed by atoms with Gasteiger partial charge >= 0.3 is 0 Å². The molecule has 0 bridgehead atoms. The summed E-state index contributed by atoms with van der Waals surface area (Å²) < 4.78 is 0. The van der Waals surface area contributed by atoms with E-state index in [0.717, 1.165) is 32.1 Å². The van der Waals surface area contributed by atoms with Crippen LogP contribution in [0.25, 0.3) is 0 Å². The Balaban J connectivity index is 1.91. The lowest BCUT2D eigenvalue weighted by molar-refractivity contribution is -0.128. The maximum atomic E-state index is 12.3. The largest absolute Gasteiger partial charge is 0.351 e. The van der Waals surface area contributed by atoms with Gasteiger partial charge in [0.25, 0.3) is 0 Å². The number of rotatable bonds is 3. The molecule has 3 heteroatoms. The number of carbonyl (C=O) groups excluding carboxylic acids is 1. The quantitative estimate of drug-likeness (QED) is 0.792. The van der Waals surface area contributed by atoms with E-state index < -0.39 is 0 Å². The molecular formula is C14H26N2O. The molecule has 0 aliphatic heterocycles. The molecule has 0 radical (unpaired) electrons. The van der Waals surface area contributed by atoms with Gasteiger partial charge in [0.05, 0.1) is 0 Å². The third kappa shape index (κ3) is 3.01. The maximum absolute atomic E-state index is 12.3. The molecule has 0 spiro atoms. The van der Waals surface area contributed by atoms with Crippen LogP contribution in [0.2, 0.25) is 0 Å². The highest BCUT2D eigenvalue weighted by Crippen LogP contribution is 2.33. The van der Waals surface area contributed by atoms with Gasteiger partial charge in [-0.1, -0.05) is 25.7 Å². The highest BCUT2D eigenvalue weighted by Gasteiger charge is 2.36. The fourth-order valence-electron chi connectivity index (χ4n) is 3.51. The van der Waals surface area contributed by atoms with E-state index >= 15 is 0 Å². The summed E-state index contributed by atoms with van der Waals surface area (Å²) in [5.74, 6) is 0.864. The molecule has 3 N–H and O–H groups in total. The summed E-state index contributed by atoms with van der Waals surface area (Å²) in [6.45, 7) is 2.87. The van der Waals surface area contributed by atoms with E-state index in [0.29, 0.717) is 12.5 Å². The van der Waals surface area contributed by atoms with Gasteiger partial charge in [0, 0.05) is 11.5 Å². The number of carbonyl (C=O) groups is 1. The molecule has 98 valence electrons. The smallest absolute Gasteiger partial charge is 0.223 e. The molecule has 2 unspecified atom stereocenters. The summed E-state index contributed by atoms with van der Waals surface area (Å²) >= 11 is 0. The first-order valence-electron chi connectivity index (χ1n) is 7.17. The molecule has 2 atom stereocenters. The standard InChI is InChI=1S/C14H26N2O/c1-14(8-3-2-4-9-14)16-13(17)12-7-5-6-11(12)10-15/h11-12H,2-10,15H2,1H3,(H,16,17). The number of hydrogen-bond donors (Lipinski definition) is 2. The van der Waals surface area contributed by atoms with Crippen LogP contribution in [0.15, 0.2) is 0 Å². The topological polar surface area (TPSA) is 55.1 Å². The molecule has 2 aliphatic carbocycles. The molecule has 0 aromatic heterocycles. The molecule has 2 saturated carbocycles. The van der Waals surface area contributed by atoms with Crippen LogP contribution >= 0.6 is 0 Å². The van der Waals surface area contributed by atoms with Gasteiger partial charge in [0.2, 0.25) is 5.91 Å². The Kier molecular flexibility index (Phi) is 4.08. The van der Waals surface area contributed by atoms with Crippen molar-refractivity contribution < 1.29 is 4.79 Å². The SMILES string of the molecule is CC1(NC(=O)C2CCCC2CN)CCCCC1. The predicted molar refractivity (Wildman–Crippen MR) is 69.5 cm³/mol. The lowest BCUT2D eigenvalue weighted by atomic mass is 9.82. The summed E-state index contributed by atoms with van der Waals surface area (Å²) in [4.78, 5) is 12.3. The van der Waals surface area contributed by atoms with E-state index in [1.54, 1.807) is 0 Å². The van der Waals surface area contributed by atoms with E-state index in [2.05, 4.69) is 12.2 Å². The molecule has 0 saturated heterocycles. The Bertz CT molecular complexity index is 271. The van der Waals surface area contributed by atoms with E-state index in [1.807, 2.05) is 0 Å². The minimum atomic E-state index is 0.0527. The third-order valence-electron chi connectivity index (χ3n) is 4.68. The summed E-state index contributed by atoms with van der Waals surface area (Å²) in [6.07, 6.45) is 9.42. The second-order valence-corrected chi connectivity index (χ2v) is 6.14. The number of nitrogens with one attached hydrogen (secondary N) is 1. The normalized spacial score (nSPS) is 32.4. The van der Waals surface area contributed by atoms with E-state index in [-0.39, 0.29) is 17.4 Å². The van der Waals surface area contributed by atoms with Gasteiger partial charge in [0.1, 0.15) is 0 Å². The fourth-order valence-corrected chi connectivity index (χ4v) is 3.51. The Labute approximate surface area is 105 Å². The van der Waals surface area contributed by atoms with Crippen molar-refractivity contribution >= 4 is 5.91 Å². The van der Waals surface area contributed by atoms with Gasteiger partial charge in [-0.25, -0.2) is 0 Å². The molecule has 0 aromatic rings. The van der Waals surface area contributed by atoms with E-state index in [4.69, 9.17) is 5.73 Å². The highest BCUT2D eigenvalue weighted by atomic mass is 16.2. The summed E-state index contributed by atoms with van der Waals surface area (Å²) in [5.41, 5.74) is 5.80. The minimum absolute atomic E-state index is 0.0527. The van der Waals surface area contributed by atoms with Crippen LogP contribution in [0.4, 0.5) is 0 Å². The van der Waals surface area contributed by atoms with Crippen LogP contribution in [0.1, 0.15) is 58.3 Å². The van der Waals surface area contributed by atoms with Crippen molar-refractivity contribution in [3.63, 3.8) is 0 Å². The maximum Gasteiger partial charge on any atom is 0.223 e. The van der Waals surface area contributed by atoms with Gasteiger partial charge in [-0.2, -0.15) is 0 Å². The average Bonchev–Trinajstić information content (AvgIpc) is 2.77. The van der Waals surface area contributed by atoms with Gasteiger partial charge in [0.15, 0.2) is 0 Å². The lowest BCUT2D eigenvalue weighted by Gasteiger charge is -2.36. The van der Waals surface area contributed by atoms with Crippen molar-refractivity contribution in [3.8, 4) is 0 Å². The zero-order chi connectivity index (χ0) is 12.3. The van der Waals surface area contributed by atoms with Crippen molar-refractivity contribution in [1.82, 2.24) is 5.32 Å². The first-order valence-corrected chi connectivity index (χ1v) is 7.17. The molecule has 2 rings (SSSR count). The zero-order valence-electron chi connectivity index (χ0n) is 11.0. The Hall–Kier alpha value is -0.570. The number of nitrogens with two attached hydrogens (primary N) is 1. The van der Waals surface area contributed by atoms with E-state index in [9.17, 15) is 4.79 Å². The Morgan fingerprint density at radius 3 is 2.59 bits per heavy atom. The first-order chi connectivity index (χ1) is 8.14. The second-order valence-electron chi connectivity index (χ2n) is 6.14. The van der Waals surface area contributed by atoms with Crippen LogP contribution in [0.5, 0.6) is 0 Å². The van der Waals surface area contributed by atoms with Crippen molar-refractivity contribution in [2.45, 2.75) is 63.8 Å². The number of hydrogen-bond acceptors (Lipinski definition) is 2. The number of amides is 1. The van der Waals surface area contributed by atoms with Gasteiger partial charge in [-0.05, 0) is 45.1 Å². The summed E-state index contributed by atoms with van der Waals surface area (Å²) in [7, 11) is 0. The van der Waals surface area contributed by atoms with Crippen LogP contribution in [-0.2, 0) is 4.79 Å². The fraction of sp³-hybridized carbons (Fsp3) is 0.929. The van der Waals surface area contributed by atoms with Crippen molar-refractivity contribution in [2.24, 2.45) is 17.6 Å². The van der Waals surface area contributed by atoms with Crippen molar-refractivity contribution in [2.75, 3.05) is 6.54 Å². The molecule has 17 heavy (non-hydrogen) atoms. The predicted octanol–water partition coefficient (Wildman–Crippen LogP) is 2.20. The average molecular weight is 238 g/mol. The minimum Gasteiger partial charge on any atom is -0.351 e. The van der Waals surface area contributed by atoms with Crippen LogP contribution < -0.4 is 11.1 Å². The van der Waals surface area contributed by atoms with Crippen LogP contribution in [-0.4, -0.2) is 18.0 Å². The molecular weight excluding hydrogens is 212 g/mol. The molecule has 3 nitrogen and oxygen atoms in total. The second kappa shape index (κ2) is 5.38. The van der Waals surface area contributed by atoms with Gasteiger partial charge in [-0.3, -0.25) is 4.79 Å². The monoisotopic (exact) mass is 238 g/mol. The molecule has 0 heterocycles. The summed E-state index contributed by atoms with van der Waals surface area (Å²) in [6, 6.07) is 0. The van der Waals surface area contributed by atoms with Gasteiger partial charge < -0.3 is 11.1 Å². The van der Waals surface area contributed by atoms with Crippen molar-refractivity contribution in [1.29, 1.82) is 0 Å². The van der Waals surface area contributed by atoms with E-state index in [1.165, 1.54) is 19.3 Å². The molecule has 2 aliphatic rings.